The molecule has 0 saturated heterocycles. The molecule has 2 aliphatic carbocycles. The van der Waals surface area contributed by atoms with Crippen molar-refractivity contribution in [2.75, 3.05) is 13.6 Å². The largest absolute Gasteiger partial charge is 0.481 e. The summed E-state index contributed by atoms with van der Waals surface area (Å²) < 4.78 is 0. The molecule has 0 bridgehead atoms. The molecule has 1 amide bonds. The molecule has 0 unspecified atom stereocenters. The summed E-state index contributed by atoms with van der Waals surface area (Å²) in [6.07, 6.45) is 6.98. The Morgan fingerprint density at radius 1 is 1.11 bits per heavy atom. The molecule has 1 N–H and O–H groups in total. The number of amides is 1. The van der Waals surface area contributed by atoms with Crippen LogP contribution in [-0.4, -0.2) is 35.5 Å². The van der Waals surface area contributed by atoms with Gasteiger partial charge >= 0.3 is 5.97 Å². The summed E-state index contributed by atoms with van der Waals surface area (Å²) in [6.45, 7) is 0.854. The second-order valence-corrected chi connectivity index (χ2v) is 5.91. The predicted octanol–water partition coefficient (Wildman–Crippen LogP) is 2.14. The van der Waals surface area contributed by atoms with E-state index in [1.54, 1.807) is 0 Å². The highest BCUT2D eigenvalue weighted by molar-refractivity contribution is 5.80. The van der Waals surface area contributed by atoms with Crippen molar-refractivity contribution < 1.29 is 14.7 Å². The van der Waals surface area contributed by atoms with Gasteiger partial charge in [-0.2, -0.15) is 0 Å². The van der Waals surface area contributed by atoms with Gasteiger partial charge in [0.15, 0.2) is 0 Å². The van der Waals surface area contributed by atoms with Crippen LogP contribution in [0.1, 0.15) is 44.9 Å². The molecule has 2 aliphatic rings. The Morgan fingerprint density at radius 2 is 1.72 bits per heavy atom. The SMILES string of the molecule is CN(CC1CCCC1)C(=O)[C@@H]1CC[C@H](C(=O)O)C1. The molecular formula is C14H23NO3. The summed E-state index contributed by atoms with van der Waals surface area (Å²) in [4.78, 5) is 25.0. The highest BCUT2D eigenvalue weighted by Crippen LogP contribution is 2.33. The van der Waals surface area contributed by atoms with Gasteiger partial charge in [0, 0.05) is 19.5 Å². The molecule has 0 aliphatic heterocycles. The van der Waals surface area contributed by atoms with E-state index in [9.17, 15) is 9.59 Å². The normalized spacial score (nSPS) is 28.5. The monoisotopic (exact) mass is 253 g/mol. The first-order valence-corrected chi connectivity index (χ1v) is 7.05. The summed E-state index contributed by atoms with van der Waals surface area (Å²) in [5.74, 6) is -0.290. The minimum absolute atomic E-state index is 0.0579. The molecule has 0 spiro atoms. The van der Waals surface area contributed by atoms with Gasteiger partial charge in [0.1, 0.15) is 0 Å². The first kappa shape index (κ1) is 13.4. The maximum absolute atomic E-state index is 12.2. The van der Waals surface area contributed by atoms with Crippen molar-refractivity contribution in [3.63, 3.8) is 0 Å². The number of hydrogen-bond acceptors (Lipinski definition) is 2. The van der Waals surface area contributed by atoms with Gasteiger partial charge in [0.25, 0.3) is 0 Å². The third kappa shape index (κ3) is 3.03. The fourth-order valence-corrected chi connectivity index (χ4v) is 3.41. The topological polar surface area (TPSA) is 57.6 Å². The van der Waals surface area contributed by atoms with Crippen LogP contribution < -0.4 is 0 Å². The molecule has 102 valence electrons. The van der Waals surface area contributed by atoms with Crippen LogP contribution in [0.2, 0.25) is 0 Å². The molecule has 0 aromatic rings. The van der Waals surface area contributed by atoms with Crippen LogP contribution in [0.4, 0.5) is 0 Å². The van der Waals surface area contributed by atoms with E-state index in [0.717, 1.165) is 13.0 Å². The Balaban J connectivity index is 1.81. The summed E-state index contributed by atoms with van der Waals surface area (Å²) in [5.41, 5.74) is 0. The van der Waals surface area contributed by atoms with Crippen LogP contribution in [0, 0.1) is 17.8 Å². The predicted molar refractivity (Wildman–Crippen MR) is 68.1 cm³/mol. The molecular weight excluding hydrogens is 230 g/mol. The number of carbonyl (C=O) groups excluding carboxylic acids is 1. The van der Waals surface area contributed by atoms with E-state index in [1.807, 2.05) is 11.9 Å². The third-order valence-electron chi connectivity index (χ3n) is 4.51. The van der Waals surface area contributed by atoms with Crippen LogP contribution in [0.5, 0.6) is 0 Å². The van der Waals surface area contributed by atoms with E-state index in [-0.39, 0.29) is 17.7 Å². The minimum atomic E-state index is -0.747. The molecule has 0 radical (unpaired) electrons. The van der Waals surface area contributed by atoms with Gasteiger partial charge in [0.05, 0.1) is 5.92 Å². The van der Waals surface area contributed by atoms with E-state index >= 15 is 0 Å². The smallest absolute Gasteiger partial charge is 0.306 e. The molecule has 0 aromatic heterocycles. The van der Waals surface area contributed by atoms with Crippen LogP contribution in [0.3, 0.4) is 0 Å². The van der Waals surface area contributed by atoms with E-state index < -0.39 is 5.97 Å². The minimum Gasteiger partial charge on any atom is -0.481 e. The van der Waals surface area contributed by atoms with E-state index in [0.29, 0.717) is 18.8 Å². The first-order valence-electron chi connectivity index (χ1n) is 7.05. The molecule has 2 rings (SSSR count). The Kier molecular flexibility index (Phi) is 4.25. The van der Waals surface area contributed by atoms with Gasteiger partial charge in [-0.25, -0.2) is 0 Å². The summed E-state index contributed by atoms with van der Waals surface area (Å²) in [6, 6.07) is 0. The first-order chi connectivity index (χ1) is 8.58. The molecule has 4 nitrogen and oxygen atoms in total. The highest BCUT2D eigenvalue weighted by Gasteiger charge is 2.35. The van der Waals surface area contributed by atoms with Crippen LogP contribution >= 0.6 is 0 Å². The van der Waals surface area contributed by atoms with E-state index in [2.05, 4.69) is 0 Å². The van der Waals surface area contributed by atoms with Crippen molar-refractivity contribution in [1.29, 1.82) is 0 Å². The van der Waals surface area contributed by atoms with Gasteiger partial charge in [-0.1, -0.05) is 12.8 Å². The number of rotatable bonds is 4. The molecule has 2 fully saturated rings. The summed E-state index contributed by atoms with van der Waals surface area (Å²) in [5, 5.41) is 8.96. The van der Waals surface area contributed by atoms with Crippen molar-refractivity contribution >= 4 is 11.9 Å². The third-order valence-corrected chi connectivity index (χ3v) is 4.51. The fourth-order valence-electron chi connectivity index (χ4n) is 3.41. The van der Waals surface area contributed by atoms with E-state index in [4.69, 9.17) is 5.11 Å². The summed E-state index contributed by atoms with van der Waals surface area (Å²) in [7, 11) is 1.87. The lowest BCUT2D eigenvalue weighted by molar-refractivity contribution is -0.141. The lowest BCUT2D eigenvalue weighted by Crippen LogP contribution is -2.35. The van der Waals surface area contributed by atoms with Crippen LogP contribution in [-0.2, 0) is 9.59 Å². The zero-order chi connectivity index (χ0) is 13.1. The molecule has 2 saturated carbocycles. The number of aliphatic carboxylic acids is 1. The van der Waals surface area contributed by atoms with Gasteiger partial charge in [-0.3, -0.25) is 9.59 Å². The number of nitrogens with zero attached hydrogens (tertiary/aromatic N) is 1. The number of carboxylic acid groups (broad SMARTS) is 1. The Hall–Kier alpha value is -1.06. The maximum Gasteiger partial charge on any atom is 0.306 e. The molecule has 18 heavy (non-hydrogen) atoms. The molecule has 0 heterocycles. The standard InChI is InChI=1S/C14H23NO3/c1-15(9-10-4-2-3-5-10)13(16)11-6-7-12(8-11)14(17)18/h10-12H,2-9H2,1H3,(H,17,18)/t11-,12+/m1/s1. The number of carbonyl (C=O) groups is 2. The Morgan fingerprint density at radius 3 is 2.28 bits per heavy atom. The number of hydrogen-bond donors (Lipinski definition) is 1. The van der Waals surface area contributed by atoms with Gasteiger partial charge in [0.2, 0.25) is 5.91 Å². The lowest BCUT2D eigenvalue weighted by atomic mass is 10.0. The second kappa shape index (κ2) is 5.72. The van der Waals surface area contributed by atoms with Crippen molar-refractivity contribution in [2.24, 2.45) is 17.8 Å². The average molecular weight is 253 g/mol. The Labute approximate surface area is 108 Å². The molecule has 4 heteroatoms. The lowest BCUT2D eigenvalue weighted by Gasteiger charge is -2.24. The summed E-state index contributed by atoms with van der Waals surface area (Å²) >= 11 is 0. The van der Waals surface area contributed by atoms with Crippen LogP contribution in [0.15, 0.2) is 0 Å². The van der Waals surface area contributed by atoms with E-state index in [1.165, 1.54) is 25.7 Å². The maximum atomic E-state index is 12.2. The Bertz CT molecular complexity index is 323. The highest BCUT2D eigenvalue weighted by atomic mass is 16.4. The quantitative estimate of drug-likeness (QED) is 0.835. The van der Waals surface area contributed by atoms with Crippen molar-refractivity contribution in [3.8, 4) is 0 Å². The van der Waals surface area contributed by atoms with Crippen molar-refractivity contribution in [1.82, 2.24) is 4.90 Å². The van der Waals surface area contributed by atoms with Crippen molar-refractivity contribution in [2.45, 2.75) is 44.9 Å². The number of carboxylic acids is 1. The van der Waals surface area contributed by atoms with Gasteiger partial charge in [-0.15, -0.1) is 0 Å². The second-order valence-electron chi connectivity index (χ2n) is 5.91. The average Bonchev–Trinajstić information content (AvgIpc) is 2.98. The molecule has 2 atom stereocenters. The van der Waals surface area contributed by atoms with Crippen LogP contribution in [0.25, 0.3) is 0 Å². The molecule has 0 aromatic carbocycles. The fraction of sp³-hybridized carbons (Fsp3) is 0.857. The van der Waals surface area contributed by atoms with Crippen molar-refractivity contribution in [3.05, 3.63) is 0 Å². The van der Waals surface area contributed by atoms with Gasteiger partial charge in [-0.05, 0) is 38.0 Å². The zero-order valence-corrected chi connectivity index (χ0v) is 11.1. The zero-order valence-electron chi connectivity index (χ0n) is 11.1. The van der Waals surface area contributed by atoms with Gasteiger partial charge < -0.3 is 10.0 Å².